The van der Waals surface area contributed by atoms with Gasteiger partial charge >= 0.3 is 17.9 Å². The topological polar surface area (TPSA) is 242 Å². The maximum atomic E-state index is 10.1. The summed E-state index contributed by atoms with van der Waals surface area (Å²) in [5, 5.41) is 24.5. The van der Waals surface area contributed by atoms with Crippen LogP contribution in [0, 0.1) is 0 Å². The van der Waals surface area contributed by atoms with E-state index < -0.39 is 36.0 Å². The van der Waals surface area contributed by atoms with Gasteiger partial charge in [-0.1, -0.05) is 12.8 Å². The molecular formula is C15H35N5O6. The molecule has 0 aliphatic carbocycles. The van der Waals surface area contributed by atoms with E-state index in [1.165, 1.54) is 6.92 Å². The zero-order chi connectivity index (χ0) is 21.1. The van der Waals surface area contributed by atoms with Gasteiger partial charge in [-0.15, -0.1) is 0 Å². The summed E-state index contributed by atoms with van der Waals surface area (Å²) in [7, 11) is 0. The molecule has 11 heteroatoms. The van der Waals surface area contributed by atoms with Crippen LogP contribution in [0.4, 0.5) is 0 Å². The Bertz CT molecular complexity index is 356. The fraction of sp³-hybridized carbons (Fsp3) is 0.800. The molecule has 0 heterocycles. The van der Waals surface area contributed by atoms with E-state index >= 15 is 0 Å². The van der Waals surface area contributed by atoms with Crippen molar-refractivity contribution in [3.05, 3.63) is 0 Å². The van der Waals surface area contributed by atoms with E-state index in [0.29, 0.717) is 25.9 Å². The van der Waals surface area contributed by atoms with Crippen LogP contribution in [0.3, 0.4) is 0 Å². The first-order valence-corrected chi connectivity index (χ1v) is 8.36. The molecule has 0 aromatic heterocycles. The minimum atomic E-state index is -0.963. The third kappa shape index (κ3) is 24.5. The van der Waals surface area contributed by atoms with Crippen molar-refractivity contribution in [1.29, 1.82) is 0 Å². The van der Waals surface area contributed by atoms with Crippen molar-refractivity contribution in [3.63, 3.8) is 0 Å². The highest BCUT2D eigenvalue weighted by Crippen LogP contribution is 1.97. The monoisotopic (exact) mass is 381 g/mol. The fourth-order valence-electron chi connectivity index (χ4n) is 1.26. The normalized spacial score (nSPS) is 13.2. The van der Waals surface area contributed by atoms with Crippen LogP contribution in [0.25, 0.3) is 0 Å². The van der Waals surface area contributed by atoms with Crippen LogP contribution in [-0.4, -0.2) is 64.4 Å². The first kappa shape index (κ1) is 29.0. The minimum Gasteiger partial charge on any atom is -0.480 e. The third-order valence-corrected chi connectivity index (χ3v) is 2.96. The summed E-state index contributed by atoms with van der Waals surface area (Å²) < 4.78 is 0. The number of hydrogen-bond acceptors (Lipinski definition) is 8. The fourth-order valence-corrected chi connectivity index (χ4v) is 1.26. The Morgan fingerprint density at radius 1 is 0.692 bits per heavy atom. The molecule has 11 nitrogen and oxygen atoms in total. The molecule has 0 bridgehead atoms. The van der Waals surface area contributed by atoms with E-state index in [4.69, 9.17) is 44.0 Å². The number of carboxylic acid groups (broad SMARTS) is 3. The molecule has 26 heavy (non-hydrogen) atoms. The minimum absolute atomic E-state index is 0.520. The van der Waals surface area contributed by atoms with Crippen molar-refractivity contribution in [3.8, 4) is 0 Å². The predicted octanol–water partition coefficient (Wildman–Crippen LogP) is -1.53. The van der Waals surface area contributed by atoms with Crippen LogP contribution in [0.1, 0.15) is 45.4 Å². The quantitative estimate of drug-likeness (QED) is 0.191. The molecule has 0 amide bonds. The number of hydrogen-bond donors (Lipinski definition) is 8. The number of nitrogens with two attached hydrogens (primary N) is 5. The van der Waals surface area contributed by atoms with Crippen molar-refractivity contribution < 1.29 is 29.7 Å². The summed E-state index contributed by atoms with van der Waals surface area (Å²) in [5.74, 6) is -2.83. The molecule has 0 rings (SSSR count). The van der Waals surface area contributed by atoms with E-state index in [0.717, 1.165) is 25.7 Å². The second-order valence-electron chi connectivity index (χ2n) is 5.59. The van der Waals surface area contributed by atoms with Crippen molar-refractivity contribution in [2.24, 2.45) is 28.7 Å². The predicted molar refractivity (Wildman–Crippen MR) is 98.3 cm³/mol. The summed E-state index contributed by atoms with van der Waals surface area (Å²) in [6.45, 7) is 2.63. The second kappa shape index (κ2) is 19.5. The van der Waals surface area contributed by atoms with E-state index in [2.05, 4.69) is 0 Å². The summed E-state index contributed by atoms with van der Waals surface area (Å²) in [4.78, 5) is 29.8. The zero-order valence-corrected chi connectivity index (χ0v) is 15.3. The molecule has 156 valence electrons. The lowest BCUT2D eigenvalue weighted by molar-refractivity contribution is -0.139. The Balaban J connectivity index is -0.000000316. The maximum Gasteiger partial charge on any atom is 0.320 e. The largest absolute Gasteiger partial charge is 0.480 e. The van der Waals surface area contributed by atoms with Gasteiger partial charge in [0.2, 0.25) is 0 Å². The van der Waals surface area contributed by atoms with E-state index in [1.54, 1.807) is 0 Å². The van der Waals surface area contributed by atoms with Gasteiger partial charge in [-0.2, -0.15) is 0 Å². The number of carboxylic acids is 3. The Hall–Kier alpha value is -1.79. The number of unbranched alkanes of at least 4 members (excludes halogenated alkanes) is 2. The lowest BCUT2D eigenvalue weighted by Crippen LogP contribution is -2.29. The van der Waals surface area contributed by atoms with Crippen LogP contribution >= 0.6 is 0 Å². The van der Waals surface area contributed by atoms with Crippen LogP contribution in [0.15, 0.2) is 0 Å². The van der Waals surface area contributed by atoms with Gasteiger partial charge in [0, 0.05) is 0 Å². The SMILES string of the molecule is CC(N)C(=O)O.NCCCCC(N)C(=O)O.NCCCCC(N)C(=O)O. The average Bonchev–Trinajstić information content (AvgIpc) is 2.55. The highest BCUT2D eigenvalue weighted by Gasteiger charge is 2.09. The van der Waals surface area contributed by atoms with Crippen molar-refractivity contribution >= 4 is 17.9 Å². The van der Waals surface area contributed by atoms with Crippen LogP contribution in [0.2, 0.25) is 0 Å². The lowest BCUT2D eigenvalue weighted by Gasteiger charge is -2.03. The lowest BCUT2D eigenvalue weighted by atomic mass is 10.1. The first-order chi connectivity index (χ1) is 12.0. The molecule has 0 saturated carbocycles. The number of aliphatic carboxylic acids is 3. The standard InChI is InChI=1S/2C6H14N2O2.C3H7NO2/c2*7-4-2-1-3-5(8)6(9)10;1-2(4)3(5)6/h2*5H,1-4,7-8H2,(H,9,10);2H,4H2,1H3,(H,5,6). The van der Waals surface area contributed by atoms with Gasteiger partial charge in [-0.05, 0) is 45.7 Å². The Morgan fingerprint density at radius 2 is 0.962 bits per heavy atom. The first-order valence-electron chi connectivity index (χ1n) is 8.36. The summed E-state index contributed by atoms with van der Waals surface area (Å²) >= 11 is 0. The van der Waals surface area contributed by atoms with E-state index in [-0.39, 0.29) is 0 Å². The van der Waals surface area contributed by atoms with Gasteiger partial charge in [0.1, 0.15) is 18.1 Å². The number of rotatable bonds is 11. The highest BCUT2D eigenvalue weighted by atomic mass is 16.4. The summed E-state index contributed by atoms with van der Waals surface area (Å²) in [6, 6.07) is -2.16. The van der Waals surface area contributed by atoms with Crippen LogP contribution in [0.5, 0.6) is 0 Å². The van der Waals surface area contributed by atoms with Gasteiger partial charge in [0.05, 0.1) is 0 Å². The highest BCUT2D eigenvalue weighted by molar-refractivity contribution is 5.73. The molecule has 0 aliphatic heterocycles. The molecule has 0 spiro atoms. The van der Waals surface area contributed by atoms with Gasteiger partial charge in [0.25, 0.3) is 0 Å². The van der Waals surface area contributed by atoms with Gasteiger partial charge in [0.15, 0.2) is 0 Å². The van der Waals surface area contributed by atoms with Crippen molar-refractivity contribution in [1.82, 2.24) is 0 Å². The van der Waals surface area contributed by atoms with E-state index in [9.17, 15) is 14.4 Å². The van der Waals surface area contributed by atoms with Crippen molar-refractivity contribution in [2.45, 2.75) is 63.6 Å². The smallest absolute Gasteiger partial charge is 0.320 e. The molecule has 0 aromatic carbocycles. The van der Waals surface area contributed by atoms with Crippen LogP contribution in [-0.2, 0) is 14.4 Å². The molecule has 0 fully saturated rings. The Kier molecular flexibility index (Phi) is 21.8. The van der Waals surface area contributed by atoms with E-state index in [1.807, 2.05) is 0 Å². The molecule has 13 N–H and O–H groups in total. The Labute approximate surface area is 153 Å². The third-order valence-electron chi connectivity index (χ3n) is 2.96. The second-order valence-corrected chi connectivity index (χ2v) is 5.59. The summed E-state index contributed by atoms with van der Waals surface area (Å²) in [6.07, 6.45) is 4.33. The maximum absolute atomic E-state index is 10.1. The Morgan fingerprint density at radius 3 is 1.12 bits per heavy atom. The molecule has 0 aliphatic rings. The molecule has 3 unspecified atom stereocenters. The molecule has 3 atom stereocenters. The molecule has 0 radical (unpaired) electrons. The van der Waals surface area contributed by atoms with Gasteiger partial charge in [-0.3, -0.25) is 14.4 Å². The summed E-state index contributed by atoms with van der Waals surface area (Å²) in [5.41, 5.74) is 25.7. The van der Waals surface area contributed by atoms with Crippen molar-refractivity contribution in [2.75, 3.05) is 13.1 Å². The average molecular weight is 381 g/mol. The van der Waals surface area contributed by atoms with Gasteiger partial charge < -0.3 is 44.0 Å². The molecule has 0 saturated heterocycles. The molecular weight excluding hydrogens is 346 g/mol. The number of carbonyl (C=O) groups is 3. The molecule has 0 aromatic rings. The van der Waals surface area contributed by atoms with Gasteiger partial charge in [-0.25, -0.2) is 0 Å². The zero-order valence-electron chi connectivity index (χ0n) is 15.3. The van der Waals surface area contributed by atoms with Crippen LogP contribution < -0.4 is 28.7 Å².